The van der Waals surface area contributed by atoms with E-state index in [1.165, 1.54) is 0 Å². The highest BCUT2D eigenvalue weighted by Crippen LogP contribution is 2.26. The monoisotopic (exact) mass is 329 g/mol. The first-order chi connectivity index (χ1) is 11.7. The Hall–Kier alpha value is -2.34. The number of benzene rings is 1. The number of ether oxygens (including phenoxy) is 2. The Bertz CT molecular complexity index is 684. The number of hydrogen-bond acceptors (Lipinski definition) is 4. The molecule has 1 aromatic heterocycles. The van der Waals surface area contributed by atoms with E-state index >= 15 is 0 Å². The number of carbonyl (C=O) groups excluding carboxylic acids is 1. The molecule has 0 N–H and O–H groups in total. The summed E-state index contributed by atoms with van der Waals surface area (Å²) in [4.78, 5) is 18.9. The van der Waals surface area contributed by atoms with Crippen LogP contribution in [0.1, 0.15) is 30.9 Å². The van der Waals surface area contributed by atoms with Crippen molar-refractivity contribution in [2.45, 2.75) is 32.5 Å². The van der Waals surface area contributed by atoms with Gasteiger partial charge in [0.1, 0.15) is 11.6 Å². The SMILES string of the molecule is COCc1cnc2n1CCN(C(=O)CCOc1ccccc1)[C@H]2C. The van der Waals surface area contributed by atoms with Gasteiger partial charge in [0.15, 0.2) is 0 Å². The second kappa shape index (κ2) is 7.49. The fourth-order valence-electron chi connectivity index (χ4n) is 3.08. The molecule has 2 heterocycles. The van der Waals surface area contributed by atoms with Crippen molar-refractivity contribution in [1.82, 2.24) is 14.5 Å². The first kappa shape index (κ1) is 16.5. The van der Waals surface area contributed by atoms with E-state index in [1.54, 1.807) is 7.11 Å². The molecule has 1 atom stereocenters. The predicted molar refractivity (Wildman–Crippen MR) is 89.6 cm³/mol. The summed E-state index contributed by atoms with van der Waals surface area (Å²) in [5, 5.41) is 0. The zero-order chi connectivity index (χ0) is 16.9. The summed E-state index contributed by atoms with van der Waals surface area (Å²) in [5.41, 5.74) is 1.05. The van der Waals surface area contributed by atoms with Crippen molar-refractivity contribution in [2.24, 2.45) is 0 Å². The van der Waals surface area contributed by atoms with E-state index in [0.29, 0.717) is 26.2 Å². The van der Waals surface area contributed by atoms with E-state index in [9.17, 15) is 4.79 Å². The Balaban J connectivity index is 1.58. The third kappa shape index (κ3) is 3.43. The molecule has 128 valence electrons. The number of rotatable bonds is 6. The summed E-state index contributed by atoms with van der Waals surface area (Å²) in [6.45, 7) is 4.38. The summed E-state index contributed by atoms with van der Waals surface area (Å²) in [6, 6.07) is 9.52. The summed E-state index contributed by atoms with van der Waals surface area (Å²) in [5.74, 6) is 1.81. The highest BCUT2D eigenvalue weighted by Gasteiger charge is 2.29. The lowest BCUT2D eigenvalue weighted by Crippen LogP contribution is -2.42. The first-order valence-electron chi connectivity index (χ1n) is 8.21. The summed E-state index contributed by atoms with van der Waals surface area (Å²) >= 11 is 0. The molecule has 0 radical (unpaired) electrons. The Labute approximate surface area is 142 Å². The molecule has 3 rings (SSSR count). The number of nitrogens with zero attached hydrogens (tertiary/aromatic N) is 3. The molecule has 2 aromatic rings. The number of para-hydroxylation sites is 1. The van der Waals surface area contributed by atoms with Crippen molar-refractivity contribution in [1.29, 1.82) is 0 Å². The van der Waals surface area contributed by atoms with E-state index in [0.717, 1.165) is 23.8 Å². The van der Waals surface area contributed by atoms with E-state index in [1.807, 2.05) is 48.4 Å². The summed E-state index contributed by atoms with van der Waals surface area (Å²) in [6.07, 6.45) is 2.20. The highest BCUT2D eigenvalue weighted by atomic mass is 16.5. The molecule has 1 aliphatic rings. The Morgan fingerprint density at radius 3 is 2.83 bits per heavy atom. The molecular weight excluding hydrogens is 306 g/mol. The number of imidazole rings is 1. The lowest BCUT2D eigenvalue weighted by molar-refractivity contribution is -0.135. The Morgan fingerprint density at radius 2 is 2.08 bits per heavy atom. The van der Waals surface area contributed by atoms with Crippen LogP contribution in [0.15, 0.2) is 36.5 Å². The van der Waals surface area contributed by atoms with Gasteiger partial charge in [0.2, 0.25) is 5.91 Å². The fraction of sp³-hybridized carbons (Fsp3) is 0.444. The quantitative estimate of drug-likeness (QED) is 0.816. The van der Waals surface area contributed by atoms with Crippen LogP contribution < -0.4 is 4.74 Å². The van der Waals surface area contributed by atoms with Gasteiger partial charge in [-0.05, 0) is 19.1 Å². The topological polar surface area (TPSA) is 56.6 Å². The van der Waals surface area contributed by atoms with Gasteiger partial charge in [-0.15, -0.1) is 0 Å². The maximum absolute atomic E-state index is 12.5. The van der Waals surface area contributed by atoms with Crippen molar-refractivity contribution in [3.8, 4) is 5.75 Å². The second-order valence-corrected chi connectivity index (χ2v) is 5.87. The zero-order valence-electron chi connectivity index (χ0n) is 14.1. The van der Waals surface area contributed by atoms with Crippen LogP contribution in [0.5, 0.6) is 5.75 Å². The molecule has 6 heteroatoms. The van der Waals surface area contributed by atoms with Crippen molar-refractivity contribution < 1.29 is 14.3 Å². The number of carbonyl (C=O) groups is 1. The van der Waals surface area contributed by atoms with Crippen LogP contribution in [0.2, 0.25) is 0 Å². The molecule has 0 spiro atoms. The van der Waals surface area contributed by atoms with E-state index in [2.05, 4.69) is 9.55 Å². The molecule has 0 fully saturated rings. The third-order valence-electron chi connectivity index (χ3n) is 4.32. The Morgan fingerprint density at radius 1 is 1.29 bits per heavy atom. The van der Waals surface area contributed by atoms with E-state index in [-0.39, 0.29) is 11.9 Å². The van der Waals surface area contributed by atoms with Gasteiger partial charge < -0.3 is 18.9 Å². The van der Waals surface area contributed by atoms with E-state index < -0.39 is 0 Å². The van der Waals surface area contributed by atoms with Gasteiger partial charge in [-0.25, -0.2) is 4.98 Å². The average molecular weight is 329 g/mol. The minimum atomic E-state index is -0.0337. The van der Waals surface area contributed by atoms with Gasteiger partial charge in [0, 0.05) is 20.2 Å². The van der Waals surface area contributed by atoms with E-state index in [4.69, 9.17) is 9.47 Å². The minimum absolute atomic E-state index is 0.0337. The standard InChI is InChI=1S/C18H23N3O3/c1-14-18-19-12-15(13-23-2)21(18)10-9-20(14)17(22)8-11-24-16-6-4-3-5-7-16/h3-7,12,14H,8-11,13H2,1-2H3/t14-/m0/s1. The summed E-state index contributed by atoms with van der Waals surface area (Å²) in [7, 11) is 1.68. The Kier molecular flexibility index (Phi) is 5.15. The number of amides is 1. The van der Waals surface area contributed by atoms with Crippen molar-refractivity contribution in [3.63, 3.8) is 0 Å². The van der Waals surface area contributed by atoms with Gasteiger partial charge in [-0.1, -0.05) is 18.2 Å². The largest absolute Gasteiger partial charge is 0.493 e. The van der Waals surface area contributed by atoms with Gasteiger partial charge >= 0.3 is 0 Å². The van der Waals surface area contributed by atoms with Crippen LogP contribution in [-0.2, 0) is 22.7 Å². The molecule has 0 saturated carbocycles. The summed E-state index contributed by atoms with van der Waals surface area (Å²) < 4.78 is 13.0. The average Bonchev–Trinajstić information content (AvgIpc) is 3.00. The van der Waals surface area contributed by atoms with Crippen molar-refractivity contribution in [2.75, 3.05) is 20.3 Å². The smallest absolute Gasteiger partial charge is 0.226 e. The molecule has 1 aromatic carbocycles. The van der Waals surface area contributed by atoms with Crippen LogP contribution >= 0.6 is 0 Å². The second-order valence-electron chi connectivity index (χ2n) is 5.87. The normalized spacial score (nSPS) is 16.8. The predicted octanol–water partition coefficient (Wildman–Crippen LogP) is 2.40. The highest BCUT2D eigenvalue weighted by molar-refractivity contribution is 5.76. The molecule has 0 saturated heterocycles. The number of methoxy groups -OCH3 is 1. The van der Waals surface area contributed by atoms with Crippen LogP contribution in [0, 0.1) is 0 Å². The third-order valence-corrected chi connectivity index (χ3v) is 4.32. The molecule has 0 aliphatic carbocycles. The molecule has 1 aliphatic heterocycles. The molecule has 6 nitrogen and oxygen atoms in total. The number of aromatic nitrogens is 2. The van der Waals surface area contributed by atoms with Gasteiger partial charge in [0.05, 0.1) is 37.6 Å². The number of fused-ring (bicyclic) bond motifs is 1. The van der Waals surface area contributed by atoms with Crippen LogP contribution in [0.3, 0.4) is 0 Å². The lowest BCUT2D eigenvalue weighted by atomic mass is 10.2. The molecule has 1 amide bonds. The van der Waals surface area contributed by atoms with Gasteiger partial charge in [-0.2, -0.15) is 0 Å². The van der Waals surface area contributed by atoms with Crippen LogP contribution in [-0.4, -0.2) is 40.6 Å². The number of hydrogen-bond donors (Lipinski definition) is 0. The first-order valence-corrected chi connectivity index (χ1v) is 8.21. The molecular formula is C18H23N3O3. The minimum Gasteiger partial charge on any atom is -0.493 e. The maximum Gasteiger partial charge on any atom is 0.226 e. The fourth-order valence-corrected chi connectivity index (χ4v) is 3.08. The molecule has 0 bridgehead atoms. The van der Waals surface area contributed by atoms with Crippen LogP contribution in [0.25, 0.3) is 0 Å². The maximum atomic E-state index is 12.5. The van der Waals surface area contributed by atoms with Crippen LogP contribution in [0.4, 0.5) is 0 Å². The molecule has 24 heavy (non-hydrogen) atoms. The van der Waals surface area contributed by atoms with Gasteiger partial charge in [-0.3, -0.25) is 4.79 Å². The zero-order valence-corrected chi connectivity index (χ0v) is 14.1. The van der Waals surface area contributed by atoms with Gasteiger partial charge in [0.25, 0.3) is 0 Å². The molecule has 0 unspecified atom stereocenters. The van der Waals surface area contributed by atoms with Crippen molar-refractivity contribution >= 4 is 5.91 Å². The van der Waals surface area contributed by atoms with Crippen molar-refractivity contribution in [3.05, 3.63) is 48.0 Å². The lowest BCUT2D eigenvalue weighted by Gasteiger charge is -2.34.